The van der Waals surface area contributed by atoms with E-state index in [4.69, 9.17) is 16.0 Å². The van der Waals surface area contributed by atoms with E-state index in [1.807, 2.05) is 18.2 Å². The maximum absolute atomic E-state index is 12.4. The van der Waals surface area contributed by atoms with Gasteiger partial charge < -0.3 is 14.2 Å². The highest BCUT2D eigenvalue weighted by Gasteiger charge is 2.28. The Hall–Kier alpha value is -1.43. The third-order valence-corrected chi connectivity index (χ3v) is 6.11. The molecule has 0 spiro atoms. The van der Waals surface area contributed by atoms with Crippen LogP contribution in [0.4, 0.5) is 5.69 Å². The number of hydrogen-bond donors (Lipinski definition) is 0. The summed E-state index contributed by atoms with van der Waals surface area (Å²) in [7, 11) is 2.12. The van der Waals surface area contributed by atoms with Crippen molar-refractivity contribution in [3.05, 3.63) is 45.3 Å². The van der Waals surface area contributed by atoms with Crippen LogP contribution in [-0.4, -0.2) is 43.9 Å². The summed E-state index contributed by atoms with van der Waals surface area (Å²) in [6.45, 7) is 3.69. The molecule has 0 aliphatic carbocycles. The van der Waals surface area contributed by atoms with Crippen LogP contribution in [0.2, 0.25) is 5.02 Å². The highest BCUT2D eigenvalue weighted by atomic mass is 35.5. The largest absolute Gasteiger partial charge is 0.421 e. The molecule has 126 valence electrons. The van der Waals surface area contributed by atoms with Gasteiger partial charge in [0.1, 0.15) is 10.8 Å². The molecule has 3 heterocycles. The van der Waals surface area contributed by atoms with E-state index in [1.54, 1.807) is 11.8 Å². The molecule has 2 aliphatic rings. The zero-order valence-corrected chi connectivity index (χ0v) is 15.1. The Morgan fingerprint density at radius 3 is 2.71 bits per heavy atom. The Labute approximate surface area is 150 Å². The topological polar surface area (TPSA) is 36.7 Å². The van der Waals surface area contributed by atoms with E-state index < -0.39 is 5.63 Å². The molecule has 24 heavy (non-hydrogen) atoms. The van der Waals surface area contributed by atoms with E-state index in [-0.39, 0.29) is 5.02 Å². The fourth-order valence-corrected chi connectivity index (χ4v) is 4.68. The lowest BCUT2D eigenvalue weighted by atomic mass is 10.0. The first kappa shape index (κ1) is 16.1. The summed E-state index contributed by atoms with van der Waals surface area (Å²) in [6, 6.07) is 8.11. The number of fused-ring (bicyclic) bond motifs is 3. The van der Waals surface area contributed by atoms with Crippen molar-refractivity contribution in [2.24, 2.45) is 0 Å². The summed E-state index contributed by atoms with van der Waals surface area (Å²) in [4.78, 5) is 18.1. The molecule has 2 aromatic rings. The average molecular weight is 363 g/mol. The number of halogens is 1. The lowest BCUT2D eigenvalue weighted by molar-refractivity contribution is 0.312. The van der Waals surface area contributed by atoms with Crippen molar-refractivity contribution in [2.45, 2.75) is 11.3 Å². The highest BCUT2D eigenvalue weighted by Crippen LogP contribution is 2.42. The van der Waals surface area contributed by atoms with E-state index in [1.165, 1.54) is 0 Å². The van der Waals surface area contributed by atoms with Crippen molar-refractivity contribution in [3.63, 3.8) is 0 Å². The SMILES string of the molecule is CN1CCN(c2c3c(oc(=O)c2Cl)-c2ccccc2SCC3)CC1. The van der Waals surface area contributed by atoms with Gasteiger partial charge in [-0.3, -0.25) is 0 Å². The maximum atomic E-state index is 12.4. The minimum Gasteiger partial charge on any atom is -0.421 e. The number of likely N-dealkylation sites (N-methyl/N-ethyl adjacent to an activating group) is 1. The van der Waals surface area contributed by atoms with Gasteiger partial charge in [-0.05, 0) is 19.5 Å². The lowest BCUT2D eigenvalue weighted by Crippen LogP contribution is -2.45. The molecule has 0 atom stereocenters. The fourth-order valence-electron chi connectivity index (χ4n) is 3.39. The smallest absolute Gasteiger partial charge is 0.357 e. The molecule has 0 unspecified atom stereocenters. The van der Waals surface area contributed by atoms with Crippen molar-refractivity contribution in [1.82, 2.24) is 4.90 Å². The van der Waals surface area contributed by atoms with Crippen LogP contribution in [0.3, 0.4) is 0 Å². The summed E-state index contributed by atoms with van der Waals surface area (Å²) in [6.07, 6.45) is 0.847. The molecule has 1 saturated heterocycles. The van der Waals surface area contributed by atoms with Gasteiger partial charge in [-0.2, -0.15) is 0 Å². The van der Waals surface area contributed by atoms with Crippen LogP contribution >= 0.6 is 23.4 Å². The van der Waals surface area contributed by atoms with Crippen LogP contribution in [0.15, 0.2) is 38.4 Å². The quantitative estimate of drug-likeness (QED) is 0.777. The molecule has 0 amide bonds. The Morgan fingerprint density at radius 2 is 1.92 bits per heavy atom. The van der Waals surface area contributed by atoms with E-state index in [0.29, 0.717) is 5.76 Å². The second-order valence-electron chi connectivity index (χ2n) is 6.24. The van der Waals surface area contributed by atoms with Gasteiger partial charge in [0.25, 0.3) is 0 Å². The monoisotopic (exact) mass is 362 g/mol. The van der Waals surface area contributed by atoms with Gasteiger partial charge in [0.2, 0.25) is 0 Å². The zero-order valence-electron chi connectivity index (χ0n) is 13.5. The van der Waals surface area contributed by atoms with Gasteiger partial charge in [-0.15, -0.1) is 11.8 Å². The van der Waals surface area contributed by atoms with Gasteiger partial charge in [-0.1, -0.05) is 29.8 Å². The summed E-state index contributed by atoms with van der Waals surface area (Å²) in [5, 5.41) is 0.225. The van der Waals surface area contributed by atoms with Gasteiger partial charge in [0, 0.05) is 48.0 Å². The van der Waals surface area contributed by atoms with Crippen molar-refractivity contribution in [1.29, 1.82) is 0 Å². The lowest BCUT2D eigenvalue weighted by Gasteiger charge is -2.35. The van der Waals surface area contributed by atoms with Crippen molar-refractivity contribution in [2.75, 3.05) is 43.9 Å². The Balaban J connectivity index is 1.90. The van der Waals surface area contributed by atoms with E-state index in [0.717, 1.165) is 60.1 Å². The minimum atomic E-state index is -0.439. The highest BCUT2D eigenvalue weighted by molar-refractivity contribution is 7.99. The molecular formula is C18H19ClN2O2S. The van der Waals surface area contributed by atoms with Crippen molar-refractivity contribution in [3.8, 4) is 11.3 Å². The van der Waals surface area contributed by atoms with Gasteiger partial charge in [-0.25, -0.2) is 4.79 Å². The number of nitrogens with zero attached hydrogens (tertiary/aromatic N) is 2. The number of thioether (sulfide) groups is 1. The second-order valence-corrected chi connectivity index (χ2v) is 7.76. The van der Waals surface area contributed by atoms with Gasteiger partial charge in [0.15, 0.2) is 0 Å². The summed E-state index contributed by atoms with van der Waals surface area (Å²) < 4.78 is 5.65. The molecule has 6 heteroatoms. The molecule has 1 fully saturated rings. The first-order valence-electron chi connectivity index (χ1n) is 8.16. The Kier molecular flexibility index (Phi) is 4.33. The molecule has 0 bridgehead atoms. The second kappa shape index (κ2) is 6.47. The Bertz CT molecular complexity index is 828. The first-order chi connectivity index (χ1) is 11.6. The van der Waals surface area contributed by atoms with Crippen molar-refractivity contribution < 1.29 is 4.42 Å². The number of piperazine rings is 1. The van der Waals surface area contributed by atoms with Crippen LogP contribution in [0, 0.1) is 0 Å². The maximum Gasteiger partial charge on any atom is 0.357 e. The molecule has 1 aromatic carbocycles. The third-order valence-electron chi connectivity index (χ3n) is 4.70. The van der Waals surface area contributed by atoms with Gasteiger partial charge >= 0.3 is 5.63 Å². The number of anilines is 1. The molecule has 4 nitrogen and oxygen atoms in total. The van der Waals surface area contributed by atoms with Crippen LogP contribution in [0.1, 0.15) is 5.56 Å². The van der Waals surface area contributed by atoms with E-state index in [9.17, 15) is 4.79 Å². The molecule has 4 rings (SSSR count). The van der Waals surface area contributed by atoms with Crippen LogP contribution in [0.5, 0.6) is 0 Å². The van der Waals surface area contributed by atoms with E-state index >= 15 is 0 Å². The molecule has 1 aromatic heterocycles. The van der Waals surface area contributed by atoms with Crippen LogP contribution in [-0.2, 0) is 6.42 Å². The Morgan fingerprint density at radius 1 is 1.17 bits per heavy atom. The molecule has 2 aliphatic heterocycles. The minimum absolute atomic E-state index is 0.225. The van der Waals surface area contributed by atoms with Crippen LogP contribution in [0.25, 0.3) is 11.3 Å². The third kappa shape index (κ3) is 2.75. The number of benzene rings is 1. The van der Waals surface area contributed by atoms with E-state index in [2.05, 4.69) is 22.9 Å². The summed E-state index contributed by atoms with van der Waals surface area (Å²) >= 11 is 8.21. The predicted molar refractivity (Wildman–Crippen MR) is 99.6 cm³/mol. The predicted octanol–water partition coefficient (Wildman–Crippen LogP) is 3.36. The standard InChI is InChI=1S/C18H19ClN2O2S/c1-20-7-9-21(10-8-20)16-13-6-11-24-14-5-3-2-4-12(14)17(13)23-18(22)15(16)19/h2-5H,6-11H2,1H3. The summed E-state index contributed by atoms with van der Waals surface area (Å²) in [5.41, 5.74) is 2.51. The zero-order chi connectivity index (χ0) is 16.7. The first-order valence-corrected chi connectivity index (χ1v) is 9.52. The summed E-state index contributed by atoms with van der Waals surface area (Å²) in [5.74, 6) is 1.65. The van der Waals surface area contributed by atoms with Crippen molar-refractivity contribution >= 4 is 29.1 Å². The molecular weight excluding hydrogens is 344 g/mol. The normalized spacial score (nSPS) is 18.0. The molecule has 0 N–H and O–H groups in total. The number of rotatable bonds is 1. The van der Waals surface area contributed by atoms with Crippen LogP contribution < -0.4 is 10.5 Å². The molecule has 0 saturated carbocycles. The average Bonchev–Trinajstić information content (AvgIpc) is 2.77. The number of hydrogen-bond acceptors (Lipinski definition) is 5. The molecule has 0 radical (unpaired) electrons. The van der Waals surface area contributed by atoms with Gasteiger partial charge in [0.05, 0.1) is 5.69 Å². The fraction of sp³-hybridized carbons (Fsp3) is 0.389.